The van der Waals surface area contributed by atoms with E-state index in [-0.39, 0.29) is 17.3 Å². The normalized spacial score (nSPS) is 14.2. The average molecular weight is 444 g/mol. The molecule has 0 bridgehead atoms. The molecule has 2 heterocycles. The van der Waals surface area contributed by atoms with Crippen LogP contribution in [-0.4, -0.2) is 57.5 Å². The molecule has 1 saturated heterocycles. The third-order valence-electron chi connectivity index (χ3n) is 5.04. The number of rotatable bonds is 6. The fraction of sp³-hybridized carbons (Fsp3) is 0.286. The number of hydrogen-bond donors (Lipinski definition) is 1. The number of carbonyl (C=O) groups excluding carboxylic acids is 1. The van der Waals surface area contributed by atoms with Gasteiger partial charge in [0.15, 0.2) is 5.16 Å². The van der Waals surface area contributed by atoms with Crippen LogP contribution in [0.3, 0.4) is 0 Å². The molecule has 156 valence electrons. The predicted octanol–water partition coefficient (Wildman–Crippen LogP) is 2.71. The van der Waals surface area contributed by atoms with Gasteiger partial charge in [0.2, 0.25) is 5.91 Å². The summed E-state index contributed by atoms with van der Waals surface area (Å²) in [4.78, 5) is 28.9. The average Bonchev–Trinajstić information content (AvgIpc) is 3.12. The third-order valence-corrected chi connectivity index (χ3v) is 6.23. The number of anilines is 1. The first kappa shape index (κ1) is 20.6. The van der Waals surface area contributed by atoms with Crippen molar-refractivity contribution in [2.45, 2.75) is 11.7 Å². The van der Waals surface area contributed by atoms with E-state index in [0.29, 0.717) is 29.8 Å². The molecule has 4 rings (SSSR count). The van der Waals surface area contributed by atoms with Gasteiger partial charge in [0, 0.05) is 36.9 Å². The SMILES string of the molecule is O=C(CSc1n[nH]c(=O)n1Cc1ccccc1)N1CCN(c2cccc(Cl)c2)CC1. The summed E-state index contributed by atoms with van der Waals surface area (Å²) in [6, 6.07) is 17.5. The summed E-state index contributed by atoms with van der Waals surface area (Å²) in [5.74, 6) is 0.295. The minimum atomic E-state index is -0.274. The van der Waals surface area contributed by atoms with E-state index in [1.807, 2.05) is 59.5 Å². The van der Waals surface area contributed by atoms with E-state index in [1.165, 1.54) is 11.8 Å². The number of amides is 1. The Labute approximate surface area is 183 Å². The zero-order chi connectivity index (χ0) is 20.9. The highest BCUT2D eigenvalue weighted by molar-refractivity contribution is 7.99. The number of nitrogens with one attached hydrogen (secondary N) is 1. The Morgan fingerprint density at radius 1 is 1.07 bits per heavy atom. The molecule has 0 atom stereocenters. The van der Waals surface area contributed by atoms with Crippen LogP contribution in [0.1, 0.15) is 5.56 Å². The number of carbonyl (C=O) groups is 1. The minimum Gasteiger partial charge on any atom is -0.368 e. The highest BCUT2D eigenvalue weighted by Gasteiger charge is 2.22. The van der Waals surface area contributed by atoms with Gasteiger partial charge in [-0.1, -0.05) is 59.8 Å². The minimum absolute atomic E-state index is 0.0486. The molecule has 1 fully saturated rings. The second-order valence-electron chi connectivity index (χ2n) is 7.02. The van der Waals surface area contributed by atoms with Crippen LogP contribution in [0.4, 0.5) is 5.69 Å². The smallest absolute Gasteiger partial charge is 0.344 e. The number of thioether (sulfide) groups is 1. The number of piperazine rings is 1. The Morgan fingerprint density at radius 2 is 1.83 bits per heavy atom. The molecule has 1 aromatic heterocycles. The zero-order valence-corrected chi connectivity index (χ0v) is 17.9. The Bertz CT molecular complexity index is 1060. The molecule has 1 amide bonds. The maximum atomic E-state index is 12.7. The molecule has 0 aliphatic carbocycles. The van der Waals surface area contributed by atoms with Crippen LogP contribution in [0.15, 0.2) is 64.5 Å². The van der Waals surface area contributed by atoms with E-state index in [0.717, 1.165) is 24.3 Å². The summed E-state index contributed by atoms with van der Waals surface area (Å²) < 4.78 is 1.56. The number of aromatic amines is 1. The van der Waals surface area contributed by atoms with Gasteiger partial charge < -0.3 is 9.80 Å². The number of halogens is 1. The van der Waals surface area contributed by atoms with Crippen LogP contribution in [0.5, 0.6) is 0 Å². The molecule has 1 aliphatic rings. The van der Waals surface area contributed by atoms with Crippen LogP contribution in [0.2, 0.25) is 5.02 Å². The highest BCUT2D eigenvalue weighted by atomic mass is 35.5. The summed E-state index contributed by atoms with van der Waals surface area (Å²) >= 11 is 7.37. The van der Waals surface area contributed by atoms with Gasteiger partial charge in [0.05, 0.1) is 12.3 Å². The van der Waals surface area contributed by atoms with E-state index < -0.39 is 0 Å². The van der Waals surface area contributed by atoms with E-state index >= 15 is 0 Å². The van der Waals surface area contributed by atoms with Crippen molar-refractivity contribution in [3.8, 4) is 0 Å². The topological polar surface area (TPSA) is 74.2 Å². The maximum Gasteiger partial charge on any atom is 0.344 e. The van der Waals surface area contributed by atoms with E-state index in [2.05, 4.69) is 15.1 Å². The van der Waals surface area contributed by atoms with Crippen molar-refractivity contribution >= 4 is 35.0 Å². The molecule has 2 aromatic carbocycles. The molecular formula is C21H22ClN5O2S. The number of hydrogen-bond acceptors (Lipinski definition) is 5. The molecule has 30 heavy (non-hydrogen) atoms. The van der Waals surface area contributed by atoms with Crippen LogP contribution >= 0.6 is 23.4 Å². The number of benzene rings is 2. The van der Waals surface area contributed by atoms with Crippen LogP contribution < -0.4 is 10.6 Å². The van der Waals surface area contributed by atoms with Crippen LogP contribution in [0.25, 0.3) is 0 Å². The van der Waals surface area contributed by atoms with Gasteiger partial charge in [-0.3, -0.25) is 9.36 Å². The standard InChI is InChI=1S/C21H22ClN5O2S/c22-17-7-4-8-18(13-17)25-9-11-26(12-10-25)19(28)15-30-21-24-23-20(29)27(21)14-16-5-2-1-3-6-16/h1-8,13H,9-12,14-15H2,(H,23,29). The quantitative estimate of drug-likeness (QED) is 0.593. The summed E-state index contributed by atoms with van der Waals surface area (Å²) in [6.07, 6.45) is 0. The van der Waals surface area contributed by atoms with Gasteiger partial charge in [-0.15, -0.1) is 5.10 Å². The van der Waals surface area contributed by atoms with Crippen molar-refractivity contribution in [3.63, 3.8) is 0 Å². The van der Waals surface area contributed by atoms with Crippen molar-refractivity contribution in [2.24, 2.45) is 0 Å². The van der Waals surface area contributed by atoms with Crippen molar-refractivity contribution in [1.82, 2.24) is 19.7 Å². The van der Waals surface area contributed by atoms with Crippen molar-refractivity contribution < 1.29 is 4.79 Å². The molecule has 3 aromatic rings. The van der Waals surface area contributed by atoms with E-state index in [9.17, 15) is 9.59 Å². The molecule has 0 saturated carbocycles. The fourth-order valence-electron chi connectivity index (χ4n) is 3.42. The van der Waals surface area contributed by atoms with E-state index in [1.54, 1.807) is 4.57 Å². The largest absolute Gasteiger partial charge is 0.368 e. The van der Waals surface area contributed by atoms with Gasteiger partial charge >= 0.3 is 5.69 Å². The predicted molar refractivity (Wildman–Crippen MR) is 119 cm³/mol. The molecule has 7 nitrogen and oxygen atoms in total. The zero-order valence-electron chi connectivity index (χ0n) is 16.3. The van der Waals surface area contributed by atoms with Gasteiger partial charge in [-0.2, -0.15) is 0 Å². The molecule has 0 radical (unpaired) electrons. The number of H-pyrrole nitrogens is 1. The second-order valence-corrected chi connectivity index (χ2v) is 8.40. The second kappa shape index (κ2) is 9.40. The Morgan fingerprint density at radius 3 is 2.57 bits per heavy atom. The first-order chi connectivity index (χ1) is 14.6. The first-order valence-electron chi connectivity index (χ1n) is 9.70. The Hall–Kier alpha value is -2.71. The first-order valence-corrected chi connectivity index (χ1v) is 11.1. The van der Waals surface area contributed by atoms with Crippen LogP contribution in [0, 0.1) is 0 Å². The third kappa shape index (κ3) is 4.88. The molecular weight excluding hydrogens is 422 g/mol. The lowest BCUT2D eigenvalue weighted by Gasteiger charge is -2.36. The fourth-order valence-corrected chi connectivity index (χ4v) is 4.46. The van der Waals surface area contributed by atoms with Crippen LogP contribution in [-0.2, 0) is 11.3 Å². The van der Waals surface area contributed by atoms with Gasteiger partial charge in [-0.25, -0.2) is 9.89 Å². The molecule has 0 unspecified atom stereocenters. The lowest BCUT2D eigenvalue weighted by molar-refractivity contribution is -0.128. The number of nitrogens with zero attached hydrogens (tertiary/aromatic N) is 4. The Balaban J connectivity index is 1.32. The maximum absolute atomic E-state index is 12.7. The lowest BCUT2D eigenvalue weighted by atomic mass is 10.2. The van der Waals surface area contributed by atoms with Gasteiger partial charge in [0.25, 0.3) is 0 Å². The van der Waals surface area contributed by atoms with Crippen molar-refractivity contribution in [1.29, 1.82) is 0 Å². The molecule has 1 N–H and O–H groups in total. The number of aromatic nitrogens is 3. The summed E-state index contributed by atoms with van der Waals surface area (Å²) in [7, 11) is 0. The monoisotopic (exact) mass is 443 g/mol. The lowest BCUT2D eigenvalue weighted by Crippen LogP contribution is -2.49. The Kier molecular flexibility index (Phi) is 6.44. The van der Waals surface area contributed by atoms with Crippen molar-refractivity contribution in [3.05, 3.63) is 75.7 Å². The van der Waals surface area contributed by atoms with Gasteiger partial charge in [-0.05, 0) is 23.8 Å². The molecule has 1 aliphatic heterocycles. The molecule has 9 heteroatoms. The van der Waals surface area contributed by atoms with Gasteiger partial charge in [0.1, 0.15) is 0 Å². The molecule has 0 spiro atoms. The summed E-state index contributed by atoms with van der Waals surface area (Å²) in [5.41, 5.74) is 1.81. The van der Waals surface area contributed by atoms with E-state index in [4.69, 9.17) is 11.6 Å². The highest BCUT2D eigenvalue weighted by Crippen LogP contribution is 2.21. The summed E-state index contributed by atoms with van der Waals surface area (Å²) in [5, 5.41) is 7.80. The summed E-state index contributed by atoms with van der Waals surface area (Å²) in [6.45, 7) is 3.26. The van der Waals surface area contributed by atoms with Crippen molar-refractivity contribution in [2.75, 3.05) is 36.8 Å².